The summed E-state index contributed by atoms with van der Waals surface area (Å²) in [6.45, 7) is 3.45. The maximum atomic E-state index is 12.8. The van der Waals surface area contributed by atoms with Gasteiger partial charge in [-0.25, -0.2) is 0 Å². The molecule has 0 aliphatic carbocycles. The standard InChI is InChI=1S/C16H21N3O2/c1-16(21-2)6-3-7-19(10-16)15(20)13-9-18-14-5-4-11(17)8-12(13)14/h4-5,8-9,18H,3,6-7,10,17H2,1-2H3. The molecule has 1 atom stereocenters. The minimum Gasteiger partial charge on any atom is -0.399 e. The molecule has 2 heterocycles. The molecule has 21 heavy (non-hydrogen) atoms. The number of nitrogens with two attached hydrogens (primary N) is 1. The number of fused-ring (bicyclic) bond motifs is 1. The number of H-pyrrole nitrogens is 1. The highest BCUT2D eigenvalue weighted by molar-refractivity contribution is 6.07. The van der Waals surface area contributed by atoms with Crippen LogP contribution in [0.2, 0.25) is 0 Å². The lowest BCUT2D eigenvalue weighted by molar-refractivity contribution is -0.0439. The molecule has 1 aromatic carbocycles. The maximum Gasteiger partial charge on any atom is 0.256 e. The summed E-state index contributed by atoms with van der Waals surface area (Å²) in [6.07, 6.45) is 3.71. The summed E-state index contributed by atoms with van der Waals surface area (Å²) in [7, 11) is 1.71. The fraction of sp³-hybridized carbons (Fsp3) is 0.438. The molecule has 1 amide bonds. The first-order valence-corrected chi connectivity index (χ1v) is 7.23. The predicted octanol–water partition coefficient (Wildman–Crippen LogP) is 2.39. The molecule has 1 aliphatic rings. The summed E-state index contributed by atoms with van der Waals surface area (Å²) in [4.78, 5) is 17.8. The molecule has 0 spiro atoms. The van der Waals surface area contributed by atoms with Gasteiger partial charge in [0.05, 0.1) is 11.2 Å². The molecule has 1 aliphatic heterocycles. The third kappa shape index (κ3) is 2.49. The van der Waals surface area contributed by atoms with Crippen LogP contribution in [-0.2, 0) is 4.74 Å². The third-order valence-corrected chi connectivity index (χ3v) is 4.38. The Bertz CT molecular complexity index is 679. The summed E-state index contributed by atoms with van der Waals surface area (Å²) in [5, 5.41) is 0.879. The SMILES string of the molecule is COC1(C)CCCN(C(=O)c2c[nH]c3ccc(N)cc23)C1. The predicted molar refractivity (Wildman–Crippen MR) is 83.3 cm³/mol. The smallest absolute Gasteiger partial charge is 0.256 e. The number of ether oxygens (including phenoxy) is 1. The van der Waals surface area contributed by atoms with Crippen molar-refractivity contribution in [3.63, 3.8) is 0 Å². The van der Waals surface area contributed by atoms with Gasteiger partial charge in [-0.3, -0.25) is 4.79 Å². The van der Waals surface area contributed by atoms with E-state index in [-0.39, 0.29) is 11.5 Å². The number of carbonyl (C=O) groups is 1. The second kappa shape index (κ2) is 5.07. The summed E-state index contributed by atoms with van der Waals surface area (Å²) in [5.41, 5.74) is 7.86. The van der Waals surface area contributed by atoms with Gasteiger partial charge in [-0.1, -0.05) is 0 Å². The minimum absolute atomic E-state index is 0.0369. The van der Waals surface area contributed by atoms with Crippen LogP contribution in [0.25, 0.3) is 10.9 Å². The number of methoxy groups -OCH3 is 1. The quantitative estimate of drug-likeness (QED) is 0.833. The van der Waals surface area contributed by atoms with Crippen LogP contribution in [0.15, 0.2) is 24.4 Å². The minimum atomic E-state index is -0.251. The zero-order valence-corrected chi connectivity index (χ0v) is 12.5. The lowest BCUT2D eigenvalue weighted by Gasteiger charge is -2.39. The first kappa shape index (κ1) is 13.9. The number of amides is 1. The van der Waals surface area contributed by atoms with Gasteiger partial charge in [0.2, 0.25) is 0 Å². The fourth-order valence-corrected chi connectivity index (χ4v) is 3.03. The van der Waals surface area contributed by atoms with Crippen molar-refractivity contribution in [2.24, 2.45) is 0 Å². The van der Waals surface area contributed by atoms with E-state index in [9.17, 15) is 4.79 Å². The van der Waals surface area contributed by atoms with Crippen molar-refractivity contribution < 1.29 is 9.53 Å². The van der Waals surface area contributed by atoms with Crippen molar-refractivity contribution in [3.8, 4) is 0 Å². The van der Waals surface area contributed by atoms with Crippen LogP contribution in [-0.4, -0.2) is 41.6 Å². The molecule has 3 rings (SSSR count). The van der Waals surface area contributed by atoms with E-state index in [1.807, 2.05) is 23.1 Å². The van der Waals surface area contributed by atoms with Crippen LogP contribution in [0.4, 0.5) is 5.69 Å². The number of aromatic amines is 1. The van der Waals surface area contributed by atoms with E-state index >= 15 is 0 Å². The number of nitrogens with one attached hydrogen (secondary N) is 1. The first-order valence-electron chi connectivity index (χ1n) is 7.23. The summed E-state index contributed by atoms with van der Waals surface area (Å²) in [5.74, 6) is 0.0369. The zero-order chi connectivity index (χ0) is 15.0. The zero-order valence-electron chi connectivity index (χ0n) is 12.5. The van der Waals surface area contributed by atoms with Gasteiger partial charge in [0.15, 0.2) is 0 Å². The number of anilines is 1. The lowest BCUT2D eigenvalue weighted by Crippen LogP contribution is -2.49. The topological polar surface area (TPSA) is 71.3 Å². The lowest BCUT2D eigenvalue weighted by atomic mass is 9.94. The van der Waals surface area contributed by atoms with Crippen LogP contribution >= 0.6 is 0 Å². The molecule has 1 saturated heterocycles. The van der Waals surface area contributed by atoms with Gasteiger partial charge >= 0.3 is 0 Å². The third-order valence-electron chi connectivity index (χ3n) is 4.38. The van der Waals surface area contributed by atoms with Crippen molar-refractivity contribution >= 4 is 22.5 Å². The van der Waals surface area contributed by atoms with Crippen molar-refractivity contribution in [3.05, 3.63) is 30.0 Å². The Hall–Kier alpha value is -2.01. The number of nitrogens with zero attached hydrogens (tertiary/aromatic N) is 1. The average Bonchev–Trinajstić information content (AvgIpc) is 2.89. The Morgan fingerprint density at radius 2 is 2.29 bits per heavy atom. The molecule has 0 saturated carbocycles. The van der Waals surface area contributed by atoms with Gasteiger partial charge in [-0.05, 0) is 38.0 Å². The molecule has 0 radical (unpaired) electrons. The number of hydrogen-bond acceptors (Lipinski definition) is 3. The number of piperidine rings is 1. The Labute approximate surface area is 124 Å². The molecule has 5 nitrogen and oxygen atoms in total. The van der Waals surface area contributed by atoms with E-state index in [2.05, 4.69) is 11.9 Å². The van der Waals surface area contributed by atoms with Gasteiger partial charge in [0.25, 0.3) is 5.91 Å². The fourth-order valence-electron chi connectivity index (χ4n) is 3.03. The van der Waals surface area contributed by atoms with Crippen LogP contribution < -0.4 is 5.73 Å². The second-order valence-corrected chi connectivity index (χ2v) is 5.99. The number of hydrogen-bond donors (Lipinski definition) is 2. The van der Waals surface area contributed by atoms with Crippen LogP contribution in [0.3, 0.4) is 0 Å². The number of benzene rings is 1. The van der Waals surface area contributed by atoms with Gasteiger partial charge in [-0.2, -0.15) is 0 Å². The number of carbonyl (C=O) groups excluding carboxylic acids is 1. The molecule has 1 fully saturated rings. The highest BCUT2D eigenvalue weighted by atomic mass is 16.5. The molecule has 2 aromatic rings. The Morgan fingerprint density at radius 3 is 3.05 bits per heavy atom. The highest BCUT2D eigenvalue weighted by Crippen LogP contribution is 2.27. The number of likely N-dealkylation sites (tertiary alicyclic amines) is 1. The van der Waals surface area contributed by atoms with E-state index in [0.29, 0.717) is 17.8 Å². The van der Waals surface area contributed by atoms with Crippen LogP contribution in [0.1, 0.15) is 30.1 Å². The Balaban J connectivity index is 1.92. The Morgan fingerprint density at radius 1 is 1.48 bits per heavy atom. The summed E-state index contributed by atoms with van der Waals surface area (Å²) >= 11 is 0. The second-order valence-electron chi connectivity index (χ2n) is 5.99. The number of rotatable bonds is 2. The van der Waals surface area contributed by atoms with Gasteiger partial charge < -0.3 is 20.4 Å². The van der Waals surface area contributed by atoms with Crippen molar-refractivity contribution in [1.82, 2.24) is 9.88 Å². The van der Waals surface area contributed by atoms with Crippen molar-refractivity contribution in [2.75, 3.05) is 25.9 Å². The van der Waals surface area contributed by atoms with Crippen molar-refractivity contribution in [2.45, 2.75) is 25.4 Å². The molecular formula is C16H21N3O2. The highest BCUT2D eigenvalue weighted by Gasteiger charge is 2.33. The maximum absolute atomic E-state index is 12.8. The van der Waals surface area contributed by atoms with E-state index < -0.39 is 0 Å². The summed E-state index contributed by atoms with van der Waals surface area (Å²) in [6, 6.07) is 5.57. The van der Waals surface area contributed by atoms with Gasteiger partial charge in [0, 0.05) is 43.0 Å². The van der Waals surface area contributed by atoms with E-state index in [4.69, 9.17) is 10.5 Å². The van der Waals surface area contributed by atoms with E-state index in [1.54, 1.807) is 13.3 Å². The number of aromatic nitrogens is 1. The molecular weight excluding hydrogens is 266 g/mol. The average molecular weight is 287 g/mol. The number of nitrogen functional groups attached to an aromatic ring is 1. The molecule has 0 bridgehead atoms. The summed E-state index contributed by atoms with van der Waals surface area (Å²) < 4.78 is 5.56. The largest absolute Gasteiger partial charge is 0.399 e. The molecule has 3 N–H and O–H groups in total. The first-order chi connectivity index (χ1) is 10.0. The van der Waals surface area contributed by atoms with Crippen LogP contribution in [0.5, 0.6) is 0 Å². The van der Waals surface area contributed by atoms with E-state index in [0.717, 1.165) is 30.3 Å². The van der Waals surface area contributed by atoms with E-state index in [1.165, 1.54) is 0 Å². The monoisotopic (exact) mass is 287 g/mol. The Kier molecular flexibility index (Phi) is 3.37. The normalized spacial score (nSPS) is 22.7. The molecule has 1 aromatic heterocycles. The molecule has 1 unspecified atom stereocenters. The van der Waals surface area contributed by atoms with Crippen molar-refractivity contribution in [1.29, 1.82) is 0 Å². The van der Waals surface area contributed by atoms with Gasteiger partial charge in [0.1, 0.15) is 0 Å². The molecule has 112 valence electrons. The molecule has 5 heteroatoms. The van der Waals surface area contributed by atoms with Crippen LogP contribution in [0, 0.1) is 0 Å². The van der Waals surface area contributed by atoms with Gasteiger partial charge in [-0.15, -0.1) is 0 Å².